The lowest BCUT2D eigenvalue weighted by Gasteiger charge is -2.30. The summed E-state index contributed by atoms with van der Waals surface area (Å²) < 4.78 is 0.901. The van der Waals surface area contributed by atoms with E-state index in [1.54, 1.807) is 17.7 Å². The maximum Gasteiger partial charge on any atom is 0.305 e. The van der Waals surface area contributed by atoms with E-state index in [-0.39, 0.29) is 16.7 Å². The van der Waals surface area contributed by atoms with Crippen LogP contribution >= 0.6 is 22.7 Å². The van der Waals surface area contributed by atoms with Gasteiger partial charge in [0.25, 0.3) is 0 Å². The Morgan fingerprint density at radius 3 is 2.77 bits per heavy atom. The number of aromatic amines is 1. The number of H-pyrrole nitrogens is 1. The van der Waals surface area contributed by atoms with E-state index in [9.17, 15) is 9.59 Å². The summed E-state index contributed by atoms with van der Waals surface area (Å²) in [6, 6.07) is 16.1. The Kier molecular flexibility index (Phi) is 7.16. The highest BCUT2D eigenvalue weighted by Gasteiger charge is 2.31. The third-order valence-corrected chi connectivity index (χ3v) is 9.23. The van der Waals surface area contributed by atoms with Crippen LogP contribution in [0.15, 0.2) is 59.7 Å². The van der Waals surface area contributed by atoms with Gasteiger partial charge < -0.3 is 20.1 Å². The molecule has 3 aromatic heterocycles. The summed E-state index contributed by atoms with van der Waals surface area (Å²) in [4.78, 5) is 43.8. The number of aryl methyl sites for hydroxylation is 1. The highest BCUT2D eigenvalue weighted by molar-refractivity contribution is 7.19. The molecule has 8 nitrogen and oxygen atoms in total. The number of aromatic nitrogens is 3. The number of thiazole rings is 1. The van der Waals surface area contributed by atoms with Gasteiger partial charge in [-0.05, 0) is 62.7 Å². The number of hydrogen-bond acceptors (Lipinski definition) is 8. The highest BCUT2D eigenvalue weighted by Crippen LogP contribution is 2.41. The Morgan fingerprint density at radius 1 is 1.10 bits per heavy atom. The fourth-order valence-corrected chi connectivity index (χ4v) is 7.27. The van der Waals surface area contributed by atoms with Gasteiger partial charge in [-0.2, -0.15) is 0 Å². The molecule has 0 saturated heterocycles. The molecule has 0 radical (unpaired) electrons. The van der Waals surface area contributed by atoms with Gasteiger partial charge in [0.15, 0.2) is 0 Å². The van der Waals surface area contributed by atoms with Gasteiger partial charge in [0.2, 0.25) is 5.91 Å². The van der Waals surface area contributed by atoms with Gasteiger partial charge in [-0.15, -0.1) is 11.3 Å². The van der Waals surface area contributed by atoms with Crippen molar-refractivity contribution in [2.24, 2.45) is 5.92 Å². The number of anilines is 2. The minimum absolute atomic E-state index is 0.0421. The van der Waals surface area contributed by atoms with E-state index in [1.165, 1.54) is 21.8 Å². The van der Waals surface area contributed by atoms with Crippen molar-refractivity contribution in [2.75, 3.05) is 32.5 Å². The first-order valence-electron chi connectivity index (χ1n) is 13.1. The Bertz CT molecular complexity index is 1690. The molecule has 1 atom stereocenters. The van der Waals surface area contributed by atoms with E-state index < -0.39 is 0 Å². The second-order valence-electron chi connectivity index (χ2n) is 10.2. The second-order valence-corrected chi connectivity index (χ2v) is 12.3. The van der Waals surface area contributed by atoms with Crippen molar-refractivity contribution < 1.29 is 4.79 Å². The molecule has 0 bridgehead atoms. The maximum atomic E-state index is 13.8. The number of hydrogen-bond donors (Lipinski definition) is 2. The van der Waals surface area contributed by atoms with Crippen molar-refractivity contribution in [3.8, 4) is 0 Å². The third kappa shape index (κ3) is 5.45. The molecule has 0 unspecified atom stereocenters. The molecule has 2 N–H and O–H groups in total. The summed E-state index contributed by atoms with van der Waals surface area (Å²) in [6.07, 6.45) is 3.94. The van der Waals surface area contributed by atoms with Gasteiger partial charge in [-0.25, -0.2) is 9.97 Å². The molecular weight excluding hydrogens is 528 g/mol. The number of amides is 1. The summed E-state index contributed by atoms with van der Waals surface area (Å²) in [5.41, 5.74) is 4.11. The van der Waals surface area contributed by atoms with Crippen LogP contribution in [0.5, 0.6) is 0 Å². The Hall–Kier alpha value is -3.60. The number of fused-ring (bicyclic) bond motifs is 4. The number of nitrogens with zero attached hydrogens (tertiary/aromatic N) is 4. The average molecular weight is 559 g/mol. The molecule has 0 aliphatic heterocycles. The van der Waals surface area contributed by atoms with Gasteiger partial charge >= 0.3 is 4.87 Å². The fourth-order valence-electron chi connectivity index (χ4n) is 5.23. The summed E-state index contributed by atoms with van der Waals surface area (Å²) in [6.45, 7) is 2.16. The van der Waals surface area contributed by atoms with E-state index in [0.29, 0.717) is 13.1 Å². The molecule has 1 amide bonds. The molecule has 39 heavy (non-hydrogen) atoms. The first-order chi connectivity index (χ1) is 18.9. The normalized spacial score (nSPS) is 15.1. The summed E-state index contributed by atoms with van der Waals surface area (Å²) in [7, 11) is 4.08. The van der Waals surface area contributed by atoms with E-state index in [4.69, 9.17) is 0 Å². The van der Waals surface area contributed by atoms with Gasteiger partial charge in [0.1, 0.15) is 17.0 Å². The zero-order valence-corrected chi connectivity index (χ0v) is 23.6. The monoisotopic (exact) mass is 558 g/mol. The number of carbonyl (C=O) groups excluding carboxylic acids is 1. The number of likely N-dealkylation sites (N-methyl/N-ethyl adjacent to an activating group) is 1. The molecule has 1 aliphatic rings. The van der Waals surface area contributed by atoms with Crippen LogP contribution in [0.4, 0.5) is 11.5 Å². The molecule has 10 heteroatoms. The predicted octanol–water partition coefficient (Wildman–Crippen LogP) is 5.03. The number of thiophene rings is 1. The fraction of sp³-hybridized carbons (Fsp3) is 0.310. The van der Waals surface area contributed by atoms with Crippen LogP contribution in [0.25, 0.3) is 20.4 Å². The van der Waals surface area contributed by atoms with Crippen molar-refractivity contribution in [3.63, 3.8) is 0 Å². The van der Waals surface area contributed by atoms with Crippen LogP contribution < -0.4 is 10.2 Å². The van der Waals surface area contributed by atoms with Gasteiger partial charge in [-0.1, -0.05) is 41.7 Å². The van der Waals surface area contributed by atoms with Crippen molar-refractivity contribution in [2.45, 2.75) is 25.8 Å². The molecular formula is C29H30N6O2S2. The lowest BCUT2D eigenvalue weighted by atomic mass is 9.86. The van der Waals surface area contributed by atoms with E-state index in [2.05, 4.69) is 37.3 Å². The van der Waals surface area contributed by atoms with Crippen LogP contribution in [0.2, 0.25) is 0 Å². The minimum Gasteiger partial charge on any atom is -0.340 e. The van der Waals surface area contributed by atoms with Gasteiger partial charge in [0, 0.05) is 36.1 Å². The largest absolute Gasteiger partial charge is 0.340 e. The Balaban J connectivity index is 1.25. The lowest BCUT2D eigenvalue weighted by Crippen LogP contribution is -2.41. The van der Waals surface area contributed by atoms with Crippen molar-refractivity contribution >= 4 is 60.5 Å². The number of carbonyl (C=O) groups is 1. The molecule has 1 aliphatic carbocycles. The van der Waals surface area contributed by atoms with Crippen LogP contribution in [-0.2, 0) is 24.2 Å². The molecule has 0 fully saturated rings. The van der Waals surface area contributed by atoms with E-state index >= 15 is 0 Å². The van der Waals surface area contributed by atoms with Crippen LogP contribution in [-0.4, -0.2) is 57.8 Å². The van der Waals surface area contributed by atoms with Crippen LogP contribution in [0, 0.1) is 5.92 Å². The first kappa shape index (κ1) is 25.7. The topological polar surface area (TPSA) is 94.2 Å². The molecule has 0 spiro atoms. The molecule has 6 rings (SSSR count). The molecule has 0 saturated carbocycles. The number of benzene rings is 2. The molecule has 2 aromatic carbocycles. The quantitative estimate of drug-likeness (QED) is 0.277. The third-order valence-electron chi connectivity index (χ3n) is 7.22. The first-order valence-corrected chi connectivity index (χ1v) is 14.7. The number of nitrogens with one attached hydrogen (secondary N) is 2. The lowest BCUT2D eigenvalue weighted by molar-refractivity contribution is -0.136. The zero-order chi connectivity index (χ0) is 26.9. The number of rotatable bonds is 8. The van der Waals surface area contributed by atoms with Crippen molar-refractivity contribution in [1.82, 2.24) is 24.8 Å². The summed E-state index contributed by atoms with van der Waals surface area (Å²) in [5, 5.41) is 4.50. The molecule has 5 aromatic rings. The summed E-state index contributed by atoms with van der Waals surface area (Å²) >= 11 is 2.87. The van der Waals surface area contributed by atoms with Crippen LogP contribution in [0.3, 0.4) is 0 Å². The van der Waals surface area contributed by atoms with Gasteiger partial charge in [0.05, 0.1) is 15.6 Å². The summed E-state index contributed by atoms with van der Waals surface area (Å²) in [5.74, 6) is 0.952. The predicted molar refractivity (Wildman–Crippen MR) is 159 cm³/mol. The SMILES string of the molecule is CN(C)CCN(Cc1ccccc1)C(=O)[C@@H]1CCc2c(sc3ncnc(Nc4ccc5[nH]c(=O)sc5c4)c23)C1. The minimum atomic E-state index is -0.0633. The van der Waals surface area contributed by atoms with Gasteiger partial charge in [-0.3, -0.25) is 9.59 Å². The zero-order valence-electron chi connectivity index (χ0n) is 21.9. The molecule has 200 valence electrons. The smallest absolute Gasteiger partial charge is 0.305 e. The van der Waals surface area contributed by atoms with Crippen LogP contribution in [0.1, 0.15) is 22.4 Å². The molecule has 3 heterocycles. The van der Waals surface area contributed by atoms with Crippen molar-refractivity contribution in [3.05, 3.63) is 80.5 Å². The van der Waals surface area contributed by atoms with Crippen molar-refractivity contribution in [1.29, 1.82) is 0 Å². The standard InChI is InChI=1S/C29H30N6O2S2/c1-34(2)12-13-35(16-18-6-4-3-5-7-18)28(36)19-8-10-21-23(14-19)38-27-25(21)26(30-17-31-27)32-20-9-11-22-24(15-20)39-29(37)33-22/h3-7,9,11,15,17,19H,8,10,12-14,16H2,1-2H3,(H,33,37)(H,30,31,32)/t19-/m1/s1. The Morgan fingerprint density at radius 2 is 1.95 bits per heavy atom. The van der Waals surface area contributed by atoms with E-state index in [1.807, 2.05) is 55.4 Å². The Labute approximate surface area is 234 Å². The maximum absolute atomic E-state index is 13.8. The second kappa shape index (κ2) is 10.9. The highest BCUT2D eigenvalue weighted by atomic mass is 32.1. The van der Waals surface area contributed by atoms with E-state index in [0.717, 1.165) is 63.3 Å². The average Bonchev–Trinajstić information content (AvgIpc) is 3.50.